The van der Waals surface area contributed by atoms with Crippen molar-refractivity contribution in [1.29, 1.82) is 0 Å². The summed E-state index contributed by atoms with van der Waals surface area (Å²) in [5.41, 5.74) is 12.9. The summed E-state index contributed by atoms with van der Waals surface area (Å²) in [4.78, 5) is 33.0. The SMILES string of the molecule is CCCC[C@H](N)C(=O)C1(N)C(=O)N(C)c2ccccc2N=C1c1ccccc1. The largest absolute Gasteiger partial charge is 0.321 e. The third-order valence-electron chi connectivity index (χ3n) is 5.13. The minimum absolute atomic E-state index is 0.229. The van der Waals surface area contributed by atoms with Crippen LogP contribution in [0.2, 0.25) is 0 Å². The number of ketones is 1. The van der Waals surface area contributed by atoms with E-state index >= 15 is 0 Å². The lowest BCUT2D eigenvalue weighted by Crippen LogP contribution is -2.68. The van der Waals surface area contributed by atoms with Crippen molar-refractivity contribution in [1.82, 2.24) is 0 Å². The molecule has 6 nitrogen and oxygen atoms in total. The van der Waals surface area contributed by atoms with E-state index in [1.54, 1.807) is 31.3 Å². The molecular weight excluding hydrogens is 352 g/mol. The number of benzene rings is 2. The fourth-order valence-corrected chi connectivity index (χ4v) is 3.48. The maximum atomic E-state index is 13.5. The molecule has 146 valence electrons. The maximum Gasteiger partial charge on any atom is 0.260 e. The smallest absolute Gasteiger partial charge is 0.260 e. The first-order valence-corrected chi connectivity index (χ1v) is 9.51. The second kappa shape index (κ2) is 8.04. The maximum absolute atomic E-state index is 13.5. The van der Waals surface area contributed by atoms with Crippen LogP contribution in [-0.2, 0) is 9.59 Å². The van der Waals surface area contributed by atoms with Crippen LogP contribution in [0.3, 0.4) is 0 Å². The molecule has 2 aromatic rings. The third kappa shape index (κ3) is 3.37. The number of para-hydroxylation sites is 2. The predicted molar refractivity (Wildman–Crippen MR) is 112 cm³/mol. The molecule has 0 saturated heterocycles. The molecule has 0 aromatic heterocycles. The Hall–Kier alpha value is -2.83. The van der Waals surface area contributed by atoms with E-state index in [-0.39, 0.29) is 5.71 Å². The number of rotatable bonds is 6. The van der Waals surface area contributed by atoms with Crippen molar-refractivity contribution in [2.24, 2.45) is 16.5 Å². The second-order valence-electron chi connectivity index (χ2n) is 7.10. The fraction of sp³-hybridized carbons (Fsp3) is 0.318. The summed E-state index contributed by atoms with van der Waals surface area (Å²) in [6.07, 6.45) is 2.16. The molecule has 0 aliphatic carbocycles. The molecule has 1 aliphatic heterocycles. The van der Waals surface area contributed by atoms with Gasteiger partial charge in [0.05, 0.1) is 23.1 Å². The van der Waals surface area contributed by atoms with Crippen molar-refractivity contribution in [3.63, 3.8) is 0 Å². The highest BCUT2D eigenvalue weighted by molar-refractivity contribution is 6.39. The van der Waals surface area contributed by atoms with E-state index in [9.17, 15) is 9.59 Å². The van der Waals surface area contributed by atoms with Crippen LogP contribution in [0.25, 0.3) is 0 Å². The van der Waals surface area contributed by atoms with Gasteiger partial charge in [0.15, 0.2) is 11.3 Å². The summed E-state index contributed by atoms with van der Waals surface area (Å²) in [7, 11) is 1.61. The first-order valence-electron chi connectivity index (χ1n) is 9.51. The molecule has 0 radical (unpaired) electrons. The number of nitrogens with zero attached hydrogens (tertiary/aromatic N) is 2. The standard InChI is InChI=1S/C22H26N4O2/c1-3-4-12-16(23)20(27)22(24)19(15-10-6-5-7-11-15)25-17-13-8-9-14-18(17)26(2)21(22)28/h5-11,13-14,16H,3-4,12,23-24H2,1-2H3/t16-,22?/m0/s1. The molecule has 0 saturated carbocycles. The fourth-order valence-electron chi connectivity index (χ4n) is 3.48. The van der Waals surface area contributed by atoms with Gasteiger partial charge in [-0.3, -0.25) is 9.59 Å². The normalized spacial score (nSPS) is 20.2. The van der Waals surface area contributed by atoms with Gasteiger partial charge < -0.3 is 16.4 Å². The Bertz CT molecular complexity index is 910. The highest BCUT2D eigenvalue weighted by atomic mass is 16.2. The Morgan fingerprint density at radius 3 is 2.46 bits per heavy atom. The van der Waals surface area contributed by atoms with E-state index in [1.165, 1.54) is 4.90 Å². The molecule has 28 heavy (non-hydrogen) atoms. The summed E-state index contributed by atoms with van der Waals surface area (Å²) in [6.45, 7) is 2.02. The van der Waals surface area contributed by atoms with E-state index in [4.69, 9.17) is 16.5 Å². The molecule has 6 heteroatoms. The van der Waals surface area contributed by atoms with Gasteiger partial charge in [-0.15, -0.1) is 0 Å². The van der Waals surface area contributed by atoms with Gasteiger partial charge in [-0.05, 0) is 24.1 Å². The summed E-state index contributed by atoms with van der Waals surface area (Å²) in [6, 6.07) is 15.5. The highest BCUT2D eigenvalue weighted by Gasteiger charge is 2.52. The molecule has 0 fully saturated rings. The Kier molecular flexibility index (Phi) is 5.72. The number of unbranched alkanes of at least 4 members (excludes halogenated alkanes) is 1. The summed E-state index contributed by atoms with van der Waals surface area (Å²) in [5.74, 6) is -1.04. The van der Waals surface area contributed by atoms with Crippen LogP contribution in [-0.4, -0.2) is 36.0 Å². The topological polar surface area (TPSA) is 102 Å². The highest BCUT2D eigenvalue weighted by Crippen LogP contribution is 2.35. The molecule has 1 amide bonds. The zero-order valence-corrected chi connectivity index (χ0v) is 16.3. The van der Waals surface area contributed by atoms with E-state index in [0.717, 1.165) is 12.8 Å². The van der Waals surface area contributed by atoms with Gasteiger partial charge in [-0.25, -0.2) is 4.99 Å². The third-order valence-corrected chi connectivity index (χ3v) is 5.13. The molecule has 1 heterocycles. The van der Waals surface area contributed by atoms with Gasteiger partial charge in [-0.1, -0.05) is 62.2 Å². The van der Waals surface area contributed by atoms with Gasteiger partial charge in [-0.2, -0.15) is 0 Å². The lowest BCUT2D eigenvalue weighted by molar-refractivity contribution is -0.131. The number of carbonyl (C=O) groups is 2. The number of likely N-dealkylation sites (N-methyl/N-ethyl adjacent to an activating group) is 1. The first-order chi connectivity index (χ1) is 13.4. The molecule has 2 atom stereocenters. The van der Waals surface area contributed by atoms with Crippen LogP contribution in [0.15, 0.2) is 59.6 Å². The number of hydrogen-bond donors (Lipinski definition) is 2. The molecule has 4 N–H and O–H groups in total. The van der Waals surface area contributed by atoms with Crippen molar-refractivity contribution in [2.75, 3.05) is 11.9 Å². The van der Waals surface area contributed by atoms with Crippen molar-refractivity contribution >= 4 is 28.8 Å². The predicted octanol–water partition coefficient (Wildman–Crippen LogP) is 2.57. The van der Waals surface area contributed by atoms with E-state index in [0.29, 0.717) is 23.4 Å². The molecule has 2 aromatic carbocycles. The monoisotopic (exact) mass is 378 g/mol. The lowest BCUT2D eigenvalue weighted by atomic mass is 9.80. The minimum atomic E-state index is -1.96. The summed E-state index contributed by atoms with van der Waals surface area (Å²) in [5, 5.41) is 0. The number of amides is 1. The van der Waals surface area contributed by atoms with Crippen LogP contribution >= 0.6 is 0 Å². The number of fused-ring (bicyclic) bond motifs is 1. The van der Waals surface area contributed by atoms with Gasteiger partial charge >= 0.3 is 0 Å². The summed E-state index contributed by atoms with van der Waals surface area (Å²) >= 11 is 0. The Labute approximate surface area is 165 Å². The van der Waals surface area contributed by atoms with Crippen LogP contribution in [0, 0.1) is 0 Å². The van der Waals surface area contributed by atoms with Crippen LogP contribution in [0.5, 0.6) is 0 Å². The van der Waals surface area contributed by atoms with Gasteiger partial charge in [0.2, 0.25) is 0 Å². The molecule has 0 bridgehead atoms. The van der Waals surface area contributed by atoms with Crippen LogP contribution in [0.1, 0.15) is 31.7 Å². The molecule has 1 aliphatic rings. The molecule has 3 rings (SSSR count). The Morgan fingerprint density at radius 1 is 1.14 bits per heavy atom. The summed E-state index contributed by atoms with van der Waals surface area (Å²) < 4.78 is 0. The number of aliphatic imine (C=N–C) groups is 1. The zero-order valence-electron chi connectivity index (χ0n) is 16.3. The zero-order chi connectivity index (χ0) is 20.3. The molecular formula is C22H26N4O2. The van der Waals surface area contributed by atoms with Gasteiger partial charge in [0, 0.05) is 7.05 Å². The number of carbonyl (C=O) groups excluding carboxylic acids is 2. The van der Waals surface area contributed by atoms with Crippen LogP contribution < -0.4 is 16.4 Å². The van der Waals surface area contributed by atoms with E-state index in [2.05, 4.69) is 0 Å². The number of hydrogen-bond acceptors (Lipinski definition) is 5. The lowest BCUT2D eigenvalue weighted by Gasteiger charge is -2.32. The van der Waals surface area contributed by atoms with Crippen molar-refractivity contribution < 1.29 is 9.59 Å². The number of anilines is 1. The number of Topliss-reactive ketones (excluding diaryl/α,β-unsaturated/α-hetero) is 1. The quantitative estimate of drug-likeness (QED) is 0.754. The van der Waals surface area contributed by atoms with Crippen molar-refractivity contribution in [3.05, 3.63) is 60.2 Å². The van der Waals surface area contributed by atoms with E-state index < -0.39 is 23.3 Å². The average molecular weight is 378 g/mol. The molecule has 1 unspecified atom stereocenters. The van der Waals surface area contributed by atoms with Gasteiger partial charge in [0.25, 0.3) is 5.91 Å². The number of nitrogens with two attached hydrogens (primary N) is 2. The van der Waals surface area contributed by atoms with Crippen molar-refractivity contribution in [3.8, 4) is 0 Å². The Balaban J connectivity index is 2.21. The molecule has 0 spiro atoms. The van der Waals surface area contributed by atoms with Crippen molar-refractivity contribution in [2.45, 2.75) is 37.8 Å². The second-order valence-corrected chi connectivity index (χ2v) is 7.10. The van der Waals surface area contributed by atoms with Gasteiger partial charge in [0.1, 0.15) is 0 Å². The average Bonchev–Trinajstić information content (AvgIpc) is 2.82. The van der Waals surface area contributed by atoms with E-state index in [1.807, 2.05) is 37.3 Å². The minimum Gasteiger partial charge on any atom is -0.321 e. The first kappa shape index (κ1) is 19.9. The Morgan fingerprint density at radius 2 is 1.79 bits per heavy atom. The van der Waals surface area contributed by atoms with Crippen LogP contribution in [0.4, 0.5) is 11.4 Å².